The third-order valence-electron chi connectivity index (χ3n) is 5.38. The van der Waals surface area contributed by atoms with Crippen LogP contribution in [-0.4, -0.2) is 37.7 Å². The van der Waals surface area contributed by atoms with Gasteiger partial charge in [0.25, 0.3) is 0 Å². The average molecular weight is 371 g/mol. The maximum atomic E-state index is 10.9. The van der Waals surface area contributed by atoms with Crippen molar-refractivity contribution in [3.8, 4) is 5.88 Å². The lowest BCUT2D eigenvalue weighted by Gasteiger charge is -2.36. The summed E-state index contributed by atoms with van der Waals surface area (Å²) in [4.78, 5) is 8.77. The Morgan fingerprint density at radius 2 is 1.92 bits per heavy atom. The Morgan fingerprint density at radius 3 is 2.54 bits per heavy atom. The Hall–Kier alpha value is -1.92. The van der Waals surface area contributed by atoms with Crippen LogP contribution < -0.4 is 0 Å². The van der Waals surface area contributed by atoms with Gasteiger partial charge < -0.3 is 5.11 Å². The number of benzene rings is 1. The van der Waals surface area contributed by atoms with Crippen LogP contribution >= 0.6 is 11.3 Å². The minimum Gasteiger partial charge on any atom is -0.492 e. The molecule has 1 aromatic carbocycles. The predicted octanol–water partition coefficient (Wildman–Crippen LogP) is 4.19. The maximum absolute atomic E-state index is 10.9. The number of likely N-dealkylation sites (tertiary alicyclic amines) is 1. The molecule has 1 atom stereocenters. The molecular formula is C20H26N4OS. The van der Waals surface area contributed by atoms with Crippen LogP contribution in [0.15, 0.2) is 24.3 Å². The van der Waals surface area contributed by atoms with E-state index in [0.29, 0.717) is 0 Å². The minimum atomic E-state index is 0.0571. The molecule has 1 fully saturated rings. The number of aromatic nitrogens is 3. The molecule has 0 unspecified atom stereocenters. The zero-order valence-corrected chi connectivity index (χ0v) is 16.5. The van der Waals surface area contributed by atoms with Gasteiger partial charge in [-0.05, 0) is 44.3 Å². The maximum Gasteiger partial charge on any atom is 0.230 e. The number of fused-ring (bicyclic) bond motifs is 1. The van der Waals surface area contributed by atoms with Crippen molar-refractivity contribution in [1.82, 2.24) is 19.5 Å². The van der Waals surface area contributed by atoms with Crippen LogP contribution in [0.5, 0.6) is 5.88 Å². The van der Waals surface area contributed by atoms with Crippen molar-refractivity contribution in [3.05, 3.63) is 46.1 Å². The van der Waals surface area contributed by atoms with Gasteiger partial charge in [0.05, 0.1) is 10.9 Å². The van der Waals surface area contributed by atoms with E-state index in [9.17, 15) is 5.11 Å². The first-order chi connectivity index (χ1) is 12.6. The van der Waals surface area contributed by atoms with E-state index in [-0.39, 0.29) is 11.9 Å². The van der Waals surface area contributed by atoms with Gasteiger partial charge in [-0.25, -0.2) is 4.98 Å². The minimum absolute atomic E-state index is 0.0571. The third-order valence-corrected chi connectivity index (χ3v) is 6.46. The lowest BCUT2D eigenvalue weighted by molar-refractivity contribution is 0.157. The number of aromatic hydroxyl groups is 1. The van der Waals surface area contributed by atoms with Crippen molar-refractivity contribution < 1.29 is 5.11 Å². The van der Waals surface area contributed by atoms with E-state index in [2.05, 4.69) is 53.1 Å². The van der Waals surface area contributed by atoms with Crippen molar-refractivity contribution in [1.29, 1.82) is 0 Å². The van der Waals surface area contributed by atoms with Gasteiger partial charge in [0.1, 0.15) is 0 Å². The summed E-state index contributed by atoms with van der Waals surface area (Å²) in [6, 6.07) is 8.73. The lowest BCUT2D eigenvalue weighted by atomic mass is 9.95. The normalized spacial score (nSPS) is 17.8. The fourth-order valence-corrected chi connectivity index (χ4v) is 4.82. The molecular weight excluding hydrogens is 344 g/mol. The van der Waals surface area contributed by atoms with Crippen LogP contribution in [0.3, 0.4) is 0 Å². The van der Waals surface area contributed by atoms with Crippen LogP contribution in [0.25, 0.3) is 4.96 Å². The highest BCUT2D eigenvalue weighted by Gasteiger charge is 2.31. The van der Waals surface area contributed by atoms with Crippen LogP contribution in [-0.2, 0) is 6.42 Å². The molecule has 3 heterocycles. The standard InChI is InChI=1S/C20H26N4OS/c1-4-16-21-20-24(22-16)19(25)18(26-20)17(15-7-5-13(2)6-8-15)23-11-9-14(3)10-12-23/h5-8,14,17,25H,4,9-12H2,1-3H3/t17-/m0/s1. The molecule has 0 spiro atoms. The molecule has 1 aliphatic heterocycles. The number of thiazole rings is 1. The third kappa shape index (κ3) is 3.12. The summed E-state index contributed by atoms with van der Waals surface area (Å²) in [5, 5.41) is 15.4. The number of hydrogen-bond donors (Lipinski definition) is 1. The molecule has 26 heavy (non-hydrogen) atoms. The zero-order valence-electron chi connectivity index (χ0n) is 15.6. The summed E-state index contributed by atoms with van der Waals surface area (Å²) in [5.74, 6) is 1.78. The predicted molar refractivity (Wildman–Crippen MR) is 105 cm³/mol. The second-order valence-electron chi connectivity index (χ2n) is 7.40. The Morgan fingerprint density at radius 1 is 1.23 bits per heavy atom. The van der Waals surface area contributed by atoms with Gasteiger partial charge in [0.15, 0.2) is 5.82 Å². The molecule has 1 N–H and O–H groups in total. The number of aryl methyl sites for hydroxylation is 2. The van der Waals surface area contributed by atoms with Gasteiger partial charge in [-0.15, -0.1) is 5.10 Å². The molecule has 0 amide bonds. The van der Waals surface area contributed by atoms with Crippen LogP contribution in [0.2, 0.25) is 0 Å². The van der Waals surface area contributed by atoms with Crippen molar-refractivity contribution in [2.45, 2.75) is 46.1 Å². The second-order valence-corrected chi connectivity index (χ2v) is 8.41. The van der Waals surface area contributed by atoms with Crippen molar-refractivity contribution >= 4 is 16.3 Å². The lowest BCUT2D eigenvalue weighted by Crippen LogP contribution is -2.36. The summed E-state index contributed by atoms with van der Waals surface area (Å²) in [6.07, 6.45) is 3.17. The number of piperidine rings is 1. The Labute approximate surface area is 158 Å². The molecule has 1 saturated heterocycles. The highest BCUT2D eigenvalue weighted by atomic mass is 32.1. The zero-order chi connectivity index (χ0) is 18.3. The van der Waals surface area contributed by atoms with Gasteiger partial charge in [0, 0.05) is 6.42 Å². The number of rotatable bonds is 4. The van der Waals surface area contributed by atoms with E-state index in [1.54, 1.807) is 15.9 Å². The summed E-state index contributed by atoms with van der Waals surface area (Å²) in [5.41, 5.74) is 2.47. The Kier molecular flexibility index (Phi) is 4.71. The molecule has 2 aromatic heterocycles. The highest BCUT2D eigenvalue weighted by Crippen LogP contribution is 2.41. The largest absolute Gasteiger partial charge is 0.492 e. The fourth-order valence-electron chi connectivity index (χ4n) is 3.68. The molecule has 0 saturated carbocycles. The molecule has 0 radical (unpaired) electrons. The van der Waals surface area contributed by atoms with Gasteiger partial charge in [-0.1, -0.05) is 55.0 Å². The Balaban J connectivity index is 1.78. The van der Waals surface area contributed by atoms with E-state index in [4.69, 9.17) is 0 Å². The SMILES string of the molecule is CCc1nc2sc([C@H](c3ccc(C)cc3)N3CCC(C)CC3)c(O)n2n1. The van der Waals surface area contributed by atoms with Crippen molar-refractivity contribution in [2.24, 2.45) is 5.92 Å². The smallest absolute Gasteiger partial charge is 0.230 e. The first-order valence-electron chi connectivity index (χ1n) is 9.44. The number of nitrogens with zero attached hydrogens (tertiary/aromatic N) is 4. The quantitative estimate of drug-likeness (QED) is 0.748. The molecule has 6 heteroatoms. The molecule has 3 aromatic rings. The monoisotopic (exact) mass is 370 g/mol. The van der Waals surface area contributed by atoms with Crippen LogP contribution in [0, 0.1) is 12.8 Å². The first kappa shape index (κ1) is 17.5. The Bertz CT molecular complexity index is 891. The number of hydrogen-bond acceptors (Lipinski definition) is 5. The molecule has 138 valence electrons. The first-order valence-corrected chi connectivity index (χ1v) is 10.3. The van der Waals surface area contributed by atoms with E-state index < -0.39 is 0 Å². The van der Waals surface area contributed by atoms with E-state index >= 15 is 0 Å². The topological polar surface area (TPSA) is 53.7 Å². The molecule has 4 rings (SSSR count). The van der Waals surface area contributed by atoms with E-state index in [0.717, 1.165) is 41.1 Å². The van der Waals surface area contributed by atoms with Crippen molar-refractivity contribution in [3.63, 3.8) is 0 Å². The van der Waals surface area contributed by atoms with E-state index in [1.165, 1.54) is 24.0 Å². The van der Waals surface area contributed by atoms with Gasteiger partial charge in [0.2, 0.25) is 10.8 Å². The highest BCUT2D eigenvalue weighted by molar-refractivity contribution is 7.17. The van der Waals surface area contributed by atoms with Crippen LogP contribution in [0.1, 0.15) is 54.6 Å². The molecule has 0 aliphatic carbocycles. The van der Waals surface area contributed by atoms with Crippen LogP contribution in [0.4, 0.5) is 0 Å². The summed E-state index contributed by atoms with van der Waals surface area (Å²) >= 11 is 1.56. The summed E-state index contributed by atoms with van der Waals surface area (Å²) in [6.45, 7) is 8.56. The average Bonchev–Trinajstić information content (AvgIpc) is 3.18. The molecule has 1 aliphatic rings. The van der Waals surface area contributed by atoms with Gasteiger partial charge in [-0.2, -0.15) is 4.52 Å². The van der Waals surface area contributed by atoms with Gasteiger partial charge >= 0.3 is 0 Å². The summed E-state index contributed by atoms with van der Waals surface area (Å²) < 4.78 is 1.60. The fraction of sp³-hybridized carbons (Fsp3) is 0.500. The molecule has 5 nitrogen and oxygen atoms in total. The van der Waals surface area contributed by atoms with Crippen molar-refractivity contribution in [2.75, 3.05) is 13.1 Å². The van der Waals surface area contributed by atoms with E-state index in [1.807, 2.05) is 6.92 Å². The van der Waals surface area contributed by atoms with Gasteiger partial charge in [-0.3, -0.25) is 4.90 Å². The summed E-state index contributed by atoms with van der Waals surface area (Å²) in [7, 11) is 0. The second kappa shape index (κ2) is 7.00. The molecule has 0 bridgehead atoms.